The van der Waals surface area contributed by atoms with E-state index in [4.69, 9.17) is 9.97 Å². The first kappa shape index (κ1) is 33.2. The van der Waals surface area contributed by atoms with Crippen molar-refractivity contribution in [2.75, 3.05) is 4.90 Å². The maximum atomic E-state index is 17.6. The van der Waals surface area contributed by atoms with Crippen LogP contribution in [0.1, 0.15) is 17.3 Å². The Hall–Kier alpha value is -6.93. The van der Waals surface area contributed by atoms with Crippen molar-refractivity contribution in [1.82, 2.24) is 14.4 Å². The Kier molecular flexibility index (Phi) is 7.33. The highest BCUT2D eigenvalue weighted by atomic mass is 32.1. The number of thiophene rings is 1. The van der Waals surface area contributed by atoms with Crippen LogP contribution in [-0.4, -0.2) is 22.4 Å². The molecule has 0 fully saturated rings. The monoisotopic (exact) mass is 780 g/mol. The van der Waals surface area contributed by atoms with Crippen LogP contribution in [0.4, 0.5) is 21.6 Å². The molecular weight excluding hydrogens is 748 g/mol. The molecule has 0 radical (unpaired) electrons. The van der Waals surface area contributed by atoms with Gasteiger partial charge in [0.15, 0.2) is 14.2 Å². The number of pyridine rings is 2. The first-order valence-corrected chi connectivity index (χ1v) is 22.3. The highest BCUT2D eigenvalue weighted by molar-refractivity contribution is 7.27. The fourth-order valence-corrected chi connectivity index (χ4v) is 16.0. The Morgan fingerprint density at radius 2 is 1.21 bits per heavy atom. The van der Waals surface area contributed by atoms with Gasteiger partial charge in [-0.15, -0.1) is 11.3 Å². The molecule has 4 nitrogen and oxygen atoms in total. The second-order valence-corrected chi connectivity index (χ2v) is 19.8. The summed E-state index contributed by atoms with van der Waals surface area (Å²) in [6.45, 7) is 0. The lowest BCUT2D eigenvalue weighted by molar-refractivity contribution is 0.402. The van der Waals surface area contributed by atoms with Gasteiger partial charge in [0, 0.05) is 50.5 Å². The third kappa shape index (κ3) is 4.65. The lowest BCUT2D eigenvalue weighted by Crippen LogP contribution is -2.77. The second kappa shape index (κ2) is 12.8. The fourth-order valence-electron chi connectivity index (χ4n) is 9.60. The van der Waals surface area contributed by atoms with Gasteiger partial charge in [-0.05, 0) is 73.7 Å². The largest absolute Gasteiger partial charge is 0.299 e. The fraction of sp³-hybridized carbons (Fsp3) is 0.0196. The Morgan fingerprint density at radius 3 is 2.00 bits per heavy atom. The smallest absolute Gasteiger partial charge is 0.184 e. The minimum absolute atomic E-state index is 0.592. The lowest BCUT2D eigenvalue weighted by atomic mass is 9.97. The van der Waals surface area contributed by atoms with Gasteiger partial charge in [0.2, 0.25) is 0 Å². The van der Waals surface area contributed by atoms with Gasteiger partial charge in [-0.2, -0.15) is 0 Å². The number of hydrogen-bond acceptors (Lipinski definition) is 4. The van der Waals surface area contributed by atoms with Gasteiger partial charge < -0.3 is 0 Å². The molecular formula is C51H33FN4SSi. The topological polar surface area (TPSA) is 33.4 Å². The summed E-state index contributed by atoms with van der Waals surface area (Å²) in [5.41, 5.74) is 5.16. The second-order valence-electron chi connectivity index (χ2n) is 15.0. The predicted octanol–water partition coefficient (Wildman–Crippen LogP) is 10.6. The van der Waals surface area contributed by atoms with Gasteiger partial charge in [-0.25, -0.2) is 14.4 Å². The van der Waals surface area contributed by atoms with Crippen LogP contribution in [0.2, 0.25) is 0 Å². The summed E-state index contributed by atoms with van der Waals surface area (Å²) in [5, 5.41) is 10.6. The molecule has 274 valence electrons. The number of hydrogen-bond donors (Lipinski definition) is 0. The van der Waals surface area contributed by atoms with Crippen molar-refractivity contribution in [2.45, 2.75) is 6.17 Å². The predicted molar refractivity (Wildman–Crippen MR) is 242 cm³/mol. The van der Waals surface area contributed by atoms with Crippen LogP contribution in [0, 0.1) is 0 Å². The molecule has 58 heavy (non-hydrogen) atoms. The molecule has 12 rings (SSSR count). The van der Waals surface area contributed by atoms with Crippen LogP contribution < -0.4 is 25.6 Å². The van der Waals surface area contributed by atoms with E-state index in [1.807, 2.05) is 66.3 Å². The zero-order valence-electron chi connectivity index (χ0n) is 31.1. The van der Waals surface area contributed by atoms with E-state index in [0.717, 1.165) is 44.5 Å². The zero-order valence-corrected chi connectivity index (χ0v) is 32.9. The van der Waals surface area contributed by atoms with Crippen LogP contribution in [0.25, 0.3) is 47.5 Å². The molecule has 0 aliphatic carbocycles. The summed E-state index contributed by atoms with van der Waals surface area (Å²) < 4.78 is 22.1. The average Bonchev–Trinajstić information content (AvgIpc) is 3.95. The van der Waals surface area contributed by atoms with Crippen LogP contribution >= 0.6 is 11.3 Å². The molecule has 0 bridgehead atoms. The number of anilines is 3. The Morgan fingerprint density at radius 1 is 0.534 bits per heavy atom. The third-order valence-electron chi connectivity index (χ3n) is 12.1. The van der Waals surface area contributed by atoms with Crippen LogP contribution in [-0.2, 0) is 0 Å². The van der Waals surface area contributed by atoms with Gasteiger partial charge in [-0.3, -0.25) is 9.30 Å². The summed E-state index contributed by atoms with van der Waals surface area (Å²) >= 11 is 1.82. The quantitative estimate of drug-likeness (QED) is 0.129. The molecule has 11 aromatic rings. The summed E-state index contributed by atoms with van der Waals surface area (Å²) in [4.78, 5) is 12.1. The highest BCUT2D eigenvalue weighted by Gasteiger charge is 2.50. The summed E-state index contributed by atoms with van der Waals surface area (Å²) in [6, 6.07) is 62.1. The van der Waals surface area contributed by atoms with Crippen LogP contribution in [0.15, 0.2) is 195 Å². The maximum Gasteiger partial charge on any atom is 0.184 e. The summed E-state index contributed by atoms with van der Waals surface area (Å²) in [5.74, 6) is 0.797. The molecule has 1 aliphatic heterocycles. The van der Waals surface area contributed by atoms with Crippen molar-refractivity contribution in [1.29, 1.82) is 0 Å². The normalized spacial score (nSPS) is 14.0. The number of fused-ring (bicyclic) bond motifs is 12. The number of halogens is 1. The summed E-state index contributed by atoms with van der Waals surface area (Å²) in [7, 11) is -3.04. The van der Waals surface area contributed by atoms with E-state index in [1.54, 1.807) is 0 Å². The molecule has 0 saturated heterocycles. The molecule has 0 N–H and O–H groups in total. The Bertz CT molecular complexity index is 3340. The average molecular weight is 781 g/mol. The number of imidazole rings is 1. The zero-order chi connectivity index (χ0) is 38.4. The molecule has 1 aliphatic rings. The van der Waals surface area contributed by atoms with E-state index in [1.165, 1.54) is 40.9 Å². The van der Waals surface area contributed by atoms with Crippen molar-refractivity contribution in [3.8, 4) is 0 Å². The number of para-hydroxylation sites is 1. The number of benzene rings is 7. The van der Waals surface area contributed by atoms with Crippen LogP contribution in [0.3, 0.4) is 0 Å². The SMILES string of the molecule is FC(c1ccc2c(c1)N(c1ccccn1)c1c(ccc3c1sc1ccccc13)[Si]2(c1ccccc1)c1ccccc1)c1ccc2c3ccccc3n3ccnc3c2c1. The van der Waals surface area contributed by atoms with E-state index in [9.17, 15) is 0 Å². The van der Waals surface area contributed by atoms with E-state index in [2.05, 4.69) is 149 Å². The molecule has 7 aromatic carbocycles. The molecule has 5 heterocycles. The standard InChI is InChI=1S/C51H33FN4SSi/c52-48(33-22-24-37-38-17-7-9-19-42(38)55-30-29-54-51(55)41(37)31-33)34-23-26-45-43(32-34)56(47-21-11-12-28-53-47)49-46(27-25-40-39-18-8-10-20-44(39)57-50(40)49)58(45,35-13-3-1-4-14-35)36-15-5-2-6-16-36/h1-32,48H. The van der Waals surface area contributed by atoms with E-state index in [0.29, 0.717) is 11.1 Å². The highest BCUT2D eigenvalue weighted by Crippen LogP contribution is 2.47. The van der Waals surface area contributed by atoms with E-state index in [-0.39, 0.29) is 0 Å². The molecule has 4 aromatic heterocycles. The van der Waals surface area contributed by atoms with E-state index >= 15 is 4.39 Å². The maximum absolute atomic E-state index is 17.6. The van der Waals surface area contributed by atoms with Gasteiger partial charge in [0.1, 0.15) is 11.5 Å². The van der Waals surface area contributed by atoms with Gasteiger partial charge in [-0.1, -0.05) is 140 Å². The molecule has 0 spiro atoms. The summed E-state index contributed by atoms with van der Waals surface area (Å²) in [6.07, 6.45) is 4.25. The minimum atomic E-state index is -3.04. The Labute approximate surface area is 338 Å². The van der Waals surface area contributed by atoms with Crippen LogP contribution in [0.5, 0.6) is 0 Å². The number of alkyl halides is 1. The van der Waals surface area contributed by atoms with Gasteiger partial charge in [0.05, 0.1) is 15.9 Å². The lowest BCUT2D eigenvalue weighted by Gasteiger charge is -2.45. The van der Waals surface area contributed by atoms with Crippen molar-refractivity contribution in [3.63, 3.8) is 0 Å². The minimum Gasteiger partial charge on any atom is -0.299 e. The molecule has 0 saturated carbocycles. The molecule has 1 atom stereocenters. The third-order valence-corrected chi connectivity index (χ3v) is 18.1. The van der Waals surface area contributed by atoms with Gasteiger partial charge in [0.25, 0.3) is 0 Å². The van der Waals surface area contributed by atoms with Crippen molar-refractivity contribution in [2.24, 2.45) is 0 Å². The first-order valence-electron chi connectivity index (χ1n) is 19.5. The van der Waals surface area contributed by atoms with Crippen molar-refractivity contribution < 1.29 is 4.39 Å². The van der Waals surface area contributed by atoms with Crippen molar-refractivity contribution in [3.05, 3.63) is 206 Å². The number of nitrogens with zero attached hydrogens (tertiary/aromatic N) is 4. The van der Waals surface area contributed by atoms with E-state index < -0.39 is 14.2 Å². The molecule has 1 unspecified atom stereocenters. The number of rotatable bonds is 5. The Balaban J connectivity index is 1.16. The molecule has 7 heteroatoms. The first-order chi connectivity index (χ1) is 28.7. The van der Waals surface area contributed by atoms with Gasteiger partial charge >= 0.3 is 0 Å². The molecule has 0 amide bonds. The number of aromatic nitrogens is 3. The van der Waals surface area contributed by atoms with Crippen molar-refractivity contribution >= 4 is 105 Å².